The van der Waals surface area contributed by atoms with E-state index in [0.717, 1.165) is 22.5 Å². The van der Waals surface area contributed by atoms with E-state index in [4.69, 9.17) is 5.11 Å². The lowest BCUT2D eigenvalue weighted by Crippen LogP contribution is -1.97. The van der Waals surface area contributed by atoms with Crippen LogP contribution in [0.25, 0.3) is 16.9 Å². The van der Waals surface area contributed by atoms with E-state index in [2.05, 4.69) is 10.1 Å². The molecular formula is C16H13N3O2. The third-order valence-electron chi connectivity index (χ3n) is 3.26. The van der Waals surface area contributed by atoms with Crippen LogP contribution in [0.5, 0.6) is 0 Å². The minimum absolute atomic E-state index is 0.265. The van der Waals surface area contributed by atoms with Crippen LogP contribution >= 0.6 is 0 Å². The molecule has 3 rings (SSSR count). The molecule has 0 radical (unpaired) electrons. The first-order chi connectivity index (χ1) is 10.1. The van der Waals surface area contributed by atoms with Crippen LogP contribution in [0.3, 0.4) is 0 Å². The molecule has 1 N–H and O–H groups in total. The van der Waals surface area contributed by atoms with Gasteiger partial charge in [-0.05, 0) is 42.3 Å². The Morgan fingerprint density at radius 2 is 2.10 bits per heavy atom. The van der Waals surface area contributed by atoms with Crippen molar-refractivity contribution < 1.29 is 9.90 Å². The van der Waals surface area contributed by atoms with E-state index in [-0.39, 0.29) is 5.56 Å². The second-order valence-corrected chi connectivity index (χ2v) is 4.70. The Labute approximate surface area is 121 Å². The third-order valence-corrected chi connectivity index (χ3v) is 3.26. The Kier molecular flexibility index (Phi) is 3.23. The number of aryl methyl sites for hydroxylation is 1. The fourth-order valence-electron chi connectivity index (χ4n) is 2.14. The Morgan fingerprint density at radius 3 is 2.81 bits per heavy atom. The summed E-state index contributed by atoms with van der Waals surface area (Å²) in [5, 5.41) is 13.4. The average molecular weight is 279 g/mol. The first-order valence-corrected chi connectivity index (χ1v) is 6.45. The van der Waals surface area contributed by atoms with E-state index in [1.54, 1.807) is 35.3 Å². The van der Waals surface area contributed by atoms with Crippen molar-refractivity contribution in [1.29, 1.82) is 0 Å². The van der Waals surface area contributed by atoms with Crippen molar-refractivity contribution in [2.75, 3.05) is 0 Å². The lowest BCUT2D eigenvalue weighted by Gasteiger charge is -2.04. The van der Waals surface area contributed by atoms with Crippen molar-refractivity contribution in [1.82, 2.24) is 14.8 Å². The summed E-state index contributed by atoms with van der Waals surface area (Å²) in [4.78, 5) is 15.3. The zero-order valence-corrected chi connectivity index (χ0v) is 11.4. The predicted molar refractivity (Wildman–Crippen MR) is 78.5 cm³/mol. The van der Waals surface area contributed by atoms with Gasteiger partial charge in [0.1, 0.15) is 0 Å². The van der Waals surface area contributed by atoms with Crippen molar-refractivity contribution >= 4 is 5.97 Å². The smallest absolute Gasteiger partial charge is 0.335 e. The summed E-state index contributed by atoms with van der Waals surface area (Å²) in [6.07, 6.45) is 5.26. The Balaban J connectivity index is 2.04. The number of carboxylic acids is 1. The number of nitrogens with zero attached hydrogens (tertiary/aromatic N) is 3. The topological polar surface area (TPSA) is 68.0 Å². The molecule has 0 saturated carbocycles. The fourth-order valence-corrected chi connectivity index (χ4v) is 2.14. The molecule has 0 unspecified atom stereocenters. The number of aromatic carboxylic acids is 1. The molecule has 0 fully saturated rings. The summed E-state index contributed by atoms with van der Waals surface area (Å²) in [7, 11) is 0. The van der Waals surface area contributed by atoms with Gasteiger partial charge in [-0.2, -0.15) is 5.10 Å². The van der Waals surface area contributed by atoms with Gasteiger partial charge < -0.3 is 5.11 Å². The number of aromatic nitrogens is 3. The van der Waals surface area contributed by atoms with Crippen molar-refractivity contribution in [2.45, 2.75) is 6.92 Å². The Morgan fingerprint density at radius 1 is 1.24 bits per heavy atom. The molecule has 0 spiro atoms. The molecule has 3 aromatic rings. The molecular weight excluding hydrogens is 266 g/mol. The number of carboxylic acid groups (broad SMARTS) is 1. The summed E-state index contributed by atoms with van der Waals surface area (Å²) >= 11 is 0. The number of benzene rings is 1. The maximum atomic E-state index is 11.1. The van der Waals surface area contributed by atoms with Crippen molar-refractivity contribution in [3.8, 4) is 16.9 Å². The first-order valence-electron chi connectivity index (χ1n) is 6.45. The molecule has 104 valence electrons. The minimum Gasteiger partial charge on any atom is -0.478 e. The summed E-state index contributed by atoms with van der Waals surface area (Å²) < 4.78 is 1.67. The summed E-state index contributed by atoms with van der Waals surface area (Å²) in [5.74, 6) is -0.218. The molecule has 0 atom stereocenters. The van der Waals surface area contributed by atoms with Gasteiger partial charge in [-0.1, -0.05) is 12.1 Å². The van der Waals surface area contributed by atoms with Gasteiger partial charge in [-0.15, -0.1) is 0 Å². The number of pyridine rings is 1. The van der Waals surface area contributed by atoms with Crippen molar-refractivity contribution in [3.63, 3.8) is 0 Å². The van der Waals surface area contributed by atoms with Gasteiger partial charge in [0.15, 0.2) is 5.82 Å². The lowest BCUT2D eigenvalue weighted by molar-refractivity contribution is 0.0697. The van der Waals surface area contributed by atoms with Gasteiger partial charge in [-0.25, -0.2) is 14.5 Å². The van der Waals surface area contributed by atoms with E-state index in [1.807, 2.05) is 31.3 Å². The van der Waals surface area contributed by atoms with Gasteiger partial charge in [0.05, 0.1) is 11.8 Å². The summed E-state index contributed by atoms with van der Waals surface area (Å²) in [6.45, 7) is 1.94. The molecule has 2 aromatic heterocycles. The van der Waals surface area contributed by atoms with Crippen LogP contribution in [0, 0.1) is 6.92 Å². The zero-order chi connectivity index (χ0) is 14.8. The van der Waals surface area contributed by atoms with Gasteiger partial charge in [0.25, 0.3) is 0 Å². The van der Waals surface area contributed by atoms with Gasteiger partial charge in [-0.3, -0.25) is 0 Å². The maximum absolute atomic E-state index is 11.1. The fraction of sp³-hybridized carbons (Fsp3) is 0.0625. The maximum Gasteiger partial charge on any atom is 0.335 e. The van der Waals surface area contributed by atoms with Crippen LogP contribution in [-0.4, -0.2) is 25.8 Å². The molecule has 0 aliphatic heterocycles. The molecule has 0 aliphatic rings. The van der Waals surface area contributed by atoms with Gasteiger partial charge in [0, 0.05) is 18.0 Å². The van der Waals surface area contributed by atoms with Crippen LogP contribution in [-0.2, 0) is 0 Å². The molecule has 21 heavy (non-hydrogen) atoms. The van der Waals surface area contributed by atoms with Crippen LogP contribution in [0.1, 0.15) is 15.9 Å². The number of hydrogen-bond acceptors (Lipinski definition) is 3. The first kappa shape index (κ1) is 13.1. The normalized spacial score (nSPS) is 10.5. The number of hydrogen-bond donors (Lipinski definition) is 1. The van der Waals surface area contributed by atoms with Gasteiger partial charge in [0.2, 0.25) is 0 Å². The predicted octanol–water partition coefficient (Wildman–Crippen LogP) is 2.94. The molecule has 0 bridgehead atoms. The second kappa shape index (κ2) is 5.20. The van der Waals surface area contributed by atoms with Crippen molar-refractivity contribution in [3.05, 3.63) is 66.1 Å². The van der Waals surface area contributed by atoms with Crippen molar-refractivity contribution in [2.24, 2.45) is 0 Å². The molecule has 0 saturated heterocycles. The lowest BCUT2D eigenvalue weighted by atomic mass is 10.0. The Hall–Kier alpha value is -2.95. The largest absolute Gasteiger partial charge is 0.478 e. The second-order valence-electron chi connectivity index (χ2n) is 4.70. The molecule has 1 aromatic carbocycles. The molecule has 0 aliphatic carbocycles. The Bertz CT molecular complexity index is 794. The number of rotatable bonds is 3. The van der Waals surface area contributed by atoms with E-state index in [1.165, 1.54) is 0 Å². The monoisotopic (exact) mass is 279 g/mol. The van der Waals surface area contributed by atoms with Crippen LogP contribution < -0.4 is 0 Å². The molecule has 0 amide bonds. The highest BCUT2D eigenvalue weighted by atomic mass is 16.4. The molecule has 5 heteroatoms. The van der Waals surface area contributed by atoms with Crippen LogP contribution in [0.2, 0.25) is 0 Å². The average Bonchev–Trinajstić information content (AvgIpc) is 2.98. The highest BCUT2D eigenvalue weighted by Crippen LogP contribution is 2.25. The zero-order valence-electron chi connectivity index (χ0n) is 11.4. The van der Waals surface area contributed by atoms with Crippen LogP contribution in [0.15, 0.2) is 55.0 Å². The van der Waals surface area contributed by atoms with E-state index >= 15 is 0 Å². The van der Waals surface area contributed by atoms with Gasteiger partial charge >= 0.3 is 5.97 Å². The summed E-state index contributed by atoms with van der Waals surface area (Å²) in [5.41, 5.74) is 2.99. The molecule has 2 heterocycles. The highest BCUT2D eigenvalue weighted by Gasteiger charge is 2.10. The minimum atomic E-state index is -0.937. The standard InChI is InChI=1S/C16H13N3O2/c1-11-5-6-12(16(20)21)8-14(11)13-9-18-19(10-13)15-4-2-3-7-17-15/h2-10H,1H3,(H,20,21). The van der Waals surface area contributed by atoms with E-state index < -0.39 is 5.97 Å². The number of carbonyl (C=O) groups is 1. The van der Waals surface area contributed by atoms with E-state index in [0.29, 0.717) is 0 Å². The molecule has 5 nitrogen and oxygen atoms in total. The SMILES string of the molecule is Cc1ccc(C(=O)O)cc1-c1cnn(-c2ccccn2)c1. The summed E-state index contributed by atoms with van der Waals surface area (Å²) in [6, 6.07) is 10.7. The third kappa shape index (κ3) is 2.53. The van der Waals surface area contributed by atoms with Crippen LogP contribution in [0.4, 0.5) is 0 Å². The highest BCUT2D eigenvalue weighted by molar-refractivity contribution is 5.89. The van der Waals surface area contributed by atoms with E-state index in [9.17, 15) is 4.79 Å². The quantitative estimate of drug-likeness (QED) is 0.800.